The molecule has 1 heterocycles. The molecule has 92 valence electrons. The second-order valence-electron chi connectivity index (χ2n) is 3.43. The smallest absolute Gasteiger partial charge is 0.193 e. The van der Waals surface area contributed by atoms with E-state index in [0.29, 0.717) is 6.54 Å². The Bertz CT molecular complexity index is 335. The highest BCUT2D eigenvalue weighted by molar-refractivity contribution is 14.0. The summed E-state index contributed by atoms with van der Waals surface area (Å²) in [5.41, 5.74) is 0. The van der Waals surface area contributed by atoms with Crippen LogP contribution in [0.2, 0.25) is 0 Å². The van der Waals surface area contributed by atoms with E-state index >= 15 is 0 Å². The van der Waals surface area contributed by atoms with Crippen LogP contribution in [-0.4, -0.2) is 36.5 Å². The van der Waals surface area contributed by atoms with E-state index in [-0.39, 0.29) is 24.0 Å². The molecule has 0 aliphatic carbocycles. The summed E-state index contributed by atoms with van der Waals surface area (Å²) in [4.78, 5) is 12.0. The van der Waals surface area contributed by atoms with Gasteiger partial charge in [0.15, 0.2) is 5.96 Å². The Labute approximate surface area is 118 Å². The molecule has 0 aliphatic rings. The summed E-state index contributed by atoms with van der Waals surface area (Å²) >= 11 is 1.70. The van der Waals surface area contributed by atoms with Crippen molar-refractivity contribution in [1.82, 2.24) is 15.2 Å². The van der Waals surface area contributed by atoms with Crippen LogP contribution in [-0.2, 0) is 6.54 Å². The summed E-state index contributed by atoms with van der Waals surface area (Å²) < 4.78 is 0. The number of guanidine groups is 1. The normalized spacial score (nSPS) is 10.9. The average Bonchev–Trinajstić information content (AvgIpc) is 2.58. The molecule has 0 amide bonds. The first-order chi connectivity index (χ1) is 7.13. The van der Waals surface area contributed by atoms with Crippen molar-refractivity contribution in [3.05, 3.63) is 16.1 Å². The predicted molar refractivity (Wildman–Crippen MR) is 80.8 cm³/mol. The highest BCUT2D eigenvalue weighted by Gasteiger charge is 2.01. The number of thiazole rings is 1. The van der Waals surface area contributed by atoms with Gasteiger partial charge >= 0.3 is 0 Å². The zero-order valence-corrected chi connectivity index (χ0v) is 13.3. The topological polar surface area (TPSA) is 40.5 Å². The van der Waals surface area contributed by atoms with Gasteiger partial charge in [-0.2, -0.15) is 0 Å². The van der Waals surface area contributed by atoms with Gasteiger partial charge in [-0.05, 0) is 13.8 Å². The Morgan fingerprint density at radius 1 is 1.56 bits per heavy atom. The molecule has 4 nitrogen and oxygen atoms in total. The molecule has 0 saturated heterocycles. The van der Waals surface area contributed by atoms with Crippen LogP contribution in [0.3, 0.4) is 0 Å². The van der Waals surface area contributed by atoms with Gasteiger partial charge in [-0.3, -0.25) is 0 Å². The second-order valence-corrected chi connectivity index (χ2v) is 4.75. The number of hydrogen-bond donors (Lipinski definition) is 1. The van der Waals surface area contributed by atoms with E-state index in [4.69, 9.17) is 0 Å². The first-order valence-corrected chi connectivity index (χ1v) is 5.82. The fourth-order valence-electron chi connectivity index (χ4n) is 1.13. The largest absolute Gasteiger partial charge is 0.357 e. The number of nitrogens with one attached hydrogen (secondary N) is 1. The number of aromatic nitrogens is 1. The summed E-state index contributed by atoms with van der Waals surface area (Å²) in [6, 6.07) is 0. The number of aliphatic imine (C=N–C) groups is 1. The first-order valence-electron chi connectivity index (χ1n) is 5.00. The maximum Gasteiger partial charge on any atom is 0.193 e. The summed E-state index contributed by atoms with van der Waals surface area (Å²) in [7, 11) is 3.96. The molecule has 1 aromatic rings. The lowest BCUT2D eigenvalue weighted by Gasteiger charge is -2.16. The van der Waals surface area contributed by atoms with Crippen LogP contribution in [0.25, 0.3) is 0 Å². The molecule has 0 atom stereocenters. The van der Waals surface area contributed by atoms with Gasteiger partial charge in [-0.1, -0.05) is 0 Å². The molecule has 6 heteroatoms. The summed E-state index contributed by atoms with van der Waals surface area (Å²) in [6.07, 6.45) is 1.89. The molecule has 1 rings (SSSR count). The summed E-state index contributed by atoms with van der Waals surface area (Å²) in [5, 5.41) is 4.27. The van der Waals surface area contributed by atoms with Gasteiger partial charge in [0.25, 0.3) is 0 Å². The third-order valence-corrected chi connectivity index (χ3v) is 2.69. The van der Waals surface area contributed by atoms with Crippen molar-refractivity contribution in [3.8, 4) is 0 Å². The standard InChI is InChI=1S/C10H18N4S.HI/c1-5-11-10(14(3)4)13-7-9-12-6-8(2)15-9;/h6H,5,7H2,1-4H3,(H,11,13);1H. The fourth-order valence-corrected chi connectivity index (χ4v) is 1.84. The van der Waals surface area contributed by atoms with Gasteiger partial charge in [0.05, 0.1) is 6.54 Å². The van der Waals surface area contributed by atoms with E-state index in [2.05, 4.69) is 29.1 Å². The molecule has 0 unspecified atom stereocenters. The van der Waals surface area contributed by atoms with Gasteiger partial charge in [0.2, 0.25) is 0 Å². The van der Waals surface area contributed by atoms with Gasteiger partial charge in [-0.15, -0.1) is 35.3 Å². The zero-order valence-electron chi connectivity index (χ0n) is 10.1. The molecule has 1 aromatic heterocycles. The van der Waals surface area contributed by atoms with E-state index in [1.807, 2.05) is 25.2 Å². The highest BCUT2D eigenvalue weighted by Crippen LogP contribution is 2.11. The molecular weight excluding hydrogens is 335 g/mol. The predicted octanol–water partition coefficient (Wildman–Crippen LogP) is 2.10. The van der Waals surface area contributed by atoms with Crippen LogP contribution < -0.4 is 5.32 Å². The molecule has 0 aliphatic heterocycles. The molecule has 1 N–H and O–H groups in total. The minimum absolute atomic E-state index is 0. The van der Waals surface area contributed by atoms with Crippen molar-refractivity contribution >= 4 is 41.3 Å². The van der Waals surface area contributed by atoms with Gasteiger partial charge < -0.3 is 10.2 Å². The van der Waals surface area contributed by atoms with Crippen molar-refractivity contribution < 1.29 is 0 Å². The van der Waals surface area contributed by atoms with Crippen LogP contribution in [0.1, 0.15) is 16.8 Å². The van der Waals surface area contributed by atoms with Crippen molar-refractivity contribution in [3.63, 3.8) is 0 Å². The molecular formula is C10H19IN4S. The van der Waals surface area contributed by atoms with Crippen LogP contribution >= 0.6 is 35.3 Å². The van der Waals surface area contributed by atoms with Crippen LogP contribution in [0.4, 0.5) is 0 Å². The Balaban J connectivity index is 0.00000225. The number of halogens is 1. The van der Waals surface area contributed by atoms with Crippen molar-refractivity contribution in [2.45, 2.75) is 20.4 Å². The maximum atomic E-state index is 4.48. The fraction of sp³-hybridized carbons (Fsp3) is 0.600. The number of nitrogens with zero attached hydrogens (tertiary/aromatic N) is 3. The summed E-state index contributed by atoms with van der Waals surface area (Å²) in [6.45, 7) is 5.65. The van der Waals surface area contributed by atoms with E-state index in [1.54, 1.807) is 11.3 Å². The molecule has 0 bridgehead atoms. The quantitative estimate of drug-likeness (QED) is 0.514. The molecule has 0 spiro atoms. The van der Waals surface area contributed by atoms with E-state index < -0.39 is 0 Å². The third-order valence-electron chi connectivity index (χ3n) is 1.79. The second kappa shape index (κ2) is 7.83. The van der Waals surface area contributed by atoms with Crippen molar-refractivity contribution in [2.75, 3.05) is 20.6 Å². The molecule has 0 aromatic carbocycles. The Morgan fingerprint density at radius 3 is 2.69 bits per heavy atom. The first kappa shape index (κ1) is 15.6. The van der Waals surface area contributed by atoms with E-state index in [1.165, 1.54) is 4.88 Å². The van der Waals surface area contributed by atoms with Crippen molar-refractivity contribution in [2.24, 2.45) is 4.99 Å². The highest BCUT2D eigenvalue weighted by atomic mass is 127. The van der Waals surface area contributed by atoms with Gasteiger partial charge in [0, 0.05) is 31.7 Å². The third kappa shape index (κ3) is 5.11. The summed E-state index contributed by atoms with van der Waals surface area (Å²) in [5.74, 6) is 0.908. The van der Waals surface area contributed by atoms with Gasteiger partial charge in [-0.25, -0.2) is 9.98 Å². The van der Waals surface area contributed by atoms with E-state index in [0.717, 1.165) is 17.5 Å². The Morgan fingerprint density at radius 2 is 2.25 bits per heavy atom. The monoisotopic (exact) mass is 354 g/mol. The van der Waals surface area contributed by atoms with Crippen LogP contribution in [0.5, 0.6) is 0 Å². The Hall–Kier alpha value is -0.370. The van der Waals surface area contributed by atoms with Gasteiger partial charge in [0.1, 0.15) is 5.01 Å². The van der Waals surface area contributed by atoms with Crippen molar-refractivity contribution in [1.29, 1.82) is 0 Å². The lowest BCUT2D eigenvalue weighted by Crippen LogP contribution is -2.36. The SMILES string of the molecule is CCNC(=NCc1ncc(C)s1)N(C)C.I. The van der Waals surface area contributed by atoms with E-state index in [9.17, 15) is 0 Å². The number of rotatable bonds is 3. The molecule has 0 radical (unpaired) electrons. The molecule has 0 saturated carbocycles. The molecule has 0 fully saturated rings. The lowest BCUT2D eigenvalue weighted by atomic mass is 10.6. The number of aryl methyl sites for hydroxylation is 1. The van der Waals surface area contributed by atoms with Crippen LogP contribution in [0, 0.1) is 6.92 Å². The number of hydrogen-bond acceptors (Lipinski definition) is 3. The molecule has 16 heavy (non-hydrogen) atoms. The lowest BCUT2D eigenvalue weighted by molar-refractivity contribution is 0.583. The Kier molecular flexibility index (Phi) is 7.65. The zero-order chi connectivity index (χ0) is 11.3. The average molecular weight is 354 g/mol. The maximum absolute atomic E-state index is 4.48. The minimum atomic E-state index is 0. The van der Waals surface area contributed by atoms with Crippen LogP contribution in [0.15, 0.2) is 11.2 Å². The minimum Gasteiger partial charge on any atom is -0.357 e.